The highest BCUT2D eigenvalue weighted by atomic mass is 35.5. The van der Waals surface area contributed by atoms with Crippen LogP contribution in [-0.4, -0.2) is 37.0 Å². The summed E-state index contributed by atoms with van der Waals surface area (Å²) in [4.78, 5) is 15.1. The molecule has 0 saturated carbocycles. The van der Waals surface area contributed by atoms with E-state index in [0.717, 1.165) is 25.9 Å². The second-order valence-electron chi connectivity index (χ2n) is 6.65. The number of carbonyl (C=O) groups is 1. The maximum absolute atomic E-state index is 12.7. The van der Waals surface area contributed by atoms with Crippen LogP contribution in [0.2, 0.25) is 5.02 Å². The van der Waals surface area contributed by atoms with Crippen LogP contribution in [0.15, 0.2) is 42.5 Å². The molecule has 0 aliphatic carbocycles. The molecule has 1 N–H and O–H groups in total. The fourth-order valence-electron chi connectivity index (χ4n) is 3.56. The number of hydrogen-bond donors (Lipinski definition) is 1. The average molecular weight is 373 g/mol. The molecular formula is C21H25ClN2O2. The fraction of sp³-hybridized carbons (Fsp3) is 0.381. The third-order valence-electron chi connectivity index (χ3n) is 4.88. The van der Waals surface area contributed by atoms with Gasteiger partial charge in [0, 0.05) is 24.2 Å². The minimum absolute atomic E-state index is 0.153. The number of fused-ring (bicyclic) bond motifs is 1. The lowest BCUT2D eigenvalue weighted by molar-refractivity contribution is 0.0922. The number of nitrogens with zero attached hydrogens (tertiary/aromatic N) is 1. The Labute approximate surface area is 160 Å². The molecule has 0 fully saturated rings. The molecule has 5 heteroatoms. The van der Waals surface area contributed by atoms with Crippen molar-refractivity contribution in [3.63, 3.8) is 0 Å². The van der Waals surface area contributed by atoms with Crippen molar-refractivity contribution in [3.05, 3.63) is 64.2 Å². The second-order valence-corrected chi connectivity index (χ2v) is 7.09. The molecule has 3 rings (SSSR count). The number of rotatable bonds is 6. The standard InChI is InChI=1S/C21H25ClN2O2/c1-3-10-24-14-16-7-5-4-6-15(16)11-18(24)13-23-21(25)19-12-17(22)8-9-20(19)26-2/h4-9,12,18H,3,10-11,13-14H2,1-2H3,(H,23,25)/t18-/m0/s1. The van der Waals surface area contributed by atoms with E-state index in [1.807, 2.05) is 0 Å². The number of benzene rings is 2. The van der Waals surface area contributed by atoms with Crippen molar-refractivity contribution in [1.29, 1.82) is 0 Å². The Morgan fingerprint density at radius 1 is 1.27 bits per heavy atom. The van der Waals surface area contributed by atoms with Gasteiger partial charge in [0.1, 0.15) is 5.75 Å². The van der Waals surface area contributed by atoms with Gasteiger partial charge in [-0.05, 0) is 48.7 Å². The van der Waals surface area contributed by atoms with E-state index in [2.05, 4.69) is 41.4 Å². The number of hydrogen-bond acceptors (Lipinski definition) is 3. The minimum atomic E-state index is -0.153. The number of amides is 1. The highest BCUT2D eigenvalue weighted by Gasteiger charge is 2.26. The first-order chi connectivity index (χ1) is 12.6. The van der Waals surface area contributed by atoms with E-state index in [1.54, 1.807) is 25.3 Å². The molecule has 0 bridgehead atoms. The molecule has 4 nitrogen and oxygen atoms in total. The molecule has 1 aliphatic rings. The molecule has 2 aromatic carbocycles. The molecule has 1 atom stereocenters. The number of nitrogens with one attached hydrogen (secondary N) is 1. The van der Waals surface area contributed by atoms with Crippen LogP contribution in [0, 0.1) is 0 Å². The fourth-order valence-corrected chi connectivity index (χ4v) is 3.73. The van der Waals surface area contributed by atoms with Crippen molar-refractivity contribution in [2.75, 3.05) is 20.2 Å². The molecule has 2 aromatic rings. The van der Waals surface area contributed by atoms with E-state index in [-0.39, 0.29) is 5.91 Å². The summed E-state index contributed by atoms with van der Waals surface area (Å²) >= 11 is 6.04. The first-order valence-electron chi connectivity index (χ1n) is 9.05. The Hall–Kier alpha value is -2.04. The Kier molecular flexibility index (Phi) is 6.17. The van der Waals surface area contributed by atoms with E-state index in [0.29, 0.717) is 28.9 Å². The van der Waals surface area contributed by atoms with Crippen LogP contribution in [0.5, 0.6) is 5.75 Å². The maximum Gasteiger partial charge on any atom is 0.255 e. The summed E-state index contributed by atoms with van der Waals surface area (Å²) in [6.45, 7) is 4.75. The lowest BCUT2D eigenvalue weighted by Gasteiger charge is -2.37. The van der Waals surface area contributed by atoms with Gasteiger partial charge in [0.15, 0.2) is 0 Å². The first-order valence-corrected chi connectivity index (χ1v) is 9.42. The lowest BCUT2D eigenvalue weighted by atomic mass is 9.93. The highest BCUT2D eigenvalue weighted by Crippen LogP contribution is 2.24. The smallest absolute Gasteiger partial charge is 0.255 e. The Bertz CT molecular complexity index is 778. The van der Waals surface area contributed by atoms with Crippen LogP contribution in [0.1, 0.15) is 34.8 Å². The number of ether oxygens (including phenoxy) is 1. The summed E-state index contributed by atoms with van der Waals surface area (Å²) in [5.74, 6) is 0.381. The zero-order valence-electron chi connectivity index (χ0n) is 15.3. The van der Waals surface area contributed by atoms with Gasteiger partial charge in [-0.25, -0.2) is 0 Å². The molecule has 1 amide bonds. The van der Waals surface area contributed by atoms with Crippen molar-refractivity contribution >= 4 is 17.5 Å². The maximum atomic E-state index is 12.7. The van der Waals surface area contributed by atoms with Crippen molar-refractivity contribution in [3.8, 4) is 5.75 Å². The number of carbonyl (C=O) groups excluding carboxylic acids is 1. The summed E-state index contributed by atoms with van der Waals surface area (Å²) in [6.07, 6.45) is 2.04. The Morgan fingerprint density at radius 2 is 2.04 bits per heavy atom. The number of halogens is 1. The van der Waals surface area contributed by atoms with Gasteiger partial charge in [-0.1, -0.05) is 42.8 Å². The lowest BCUT2D eigenvalue weighted by Crippen LogP contribution is -2.47. The SMILES string of the molecule is CCCN1Cc2ccccc2C[C@H]1CNC(=O)c1cc(Cl)ccc1OC. The van der Waals surface area contributed by atoms with E-state index in [1.165, 1.54) is 11.1 Å². The third-order valence-corrected chi connectivity index (χ3v) is 5.11. The van der Waals surface area contributed by atoms with Crippen molar-refractivity contribution < 1.29 is 9.53 Å². The van der Waals surface area contributed by atoms with Crippen LogP contribution < -0.4 is 10.1 Å². The van der Waals surface area contributed by atoms with Gasteiger partial charge in [0.05, 0.1) is 12.7 Å². The molecule has 26 heavy (non-hydrogen) atoms. The largest absolute Gasteiger partial charge is 0.496 e. The summed E-state index contributed by atoms with van der Waals surface area (Å²) in [5.41, 5.74) is 3.23. The molecule has 0 saturated heterocycles. The van der Waals surface area contributed by atoms with Crippen molar-refractivity contribution in [1.82, 2.24) is 10.2 Å². The molecule has 138 valence electrons. The molecule has 0 unspecified atom stereocenters. The van der Waals surface area contributed by atoms with Gasteiger partial charge < -0.3 is 10.1 Å². The van der Waals surface area contributed by atoms with Crippen LogP contribution in [0.4, 0.5) is 0 Å². The zero-order chi connectivity index (χ0) is 18.5. The van der Waals surface area contributed by atoms with Gasteiger partial charge in [-0.3, -0.25) is 9.69 Å². The van der Waals surface area contributed by atoms with Gasteiger partial charge in [-0.15, -0.1) is 0 Å². The Balaban J connectivity index is 1.71. The van der Waals surface area contributed by atoms with Gasteiger partial charge in [0.25, 0.3) is 5.91 Å². The van der Waals surface area contributed by atoms with Crippen molar-refractivity contribution in [2.45, 2.75) is 32.4 Å². The quantitative estimate of drug-likeness (QED) is 0.835. The highest BCUT2D eigenvalue weighted by molar-refractivity contribution is 6.31. The van der Waals surface area contributed by atoms with Gasteiger partial charge in [-0.2, -0.15) is 0 Å². The third kappa shape index (κ3) is 4.19. The summed E-state index contributed by atoms with van der Waals surface area (Å²) in [7, 11) is 1.56. The van der Waals surface area contributed by atoms with Gasteiger partial charge >= 0.3 is 0 Å². The topological polar surface area (TPSA) is 41.6 Å². The van der Waals surface area contributed by atoms with E-state index in [9.17, 15) is 4.79 Å². The molecule has 0 aromatic heterocycles. The Morgan fingerprint density at radius 3 is 2.77 bits per heavy atom. The molecule has 1 aliphatic heterocycles. The van der Waals surface area contributed by atoms with Crippen molar-refractivity contribution in [2.24, 2.45) is 0 Å². The molecule has 0 radical (unpaired) electrons. The van der Waals surface area contributed by atoms with Crippen LogP contribution in [-0.2, 0) is 13.0 Å². The number of methoxy groups -OCH3 is 1. The summed E-state index contributed by atoms with van der Waals surface area (Å²) in [6, 6.07) is 13.9. The monoisotopic (exact) mass is 372 g/mol. The molecular weight excluding hydrogens is 348 g/mol. The predicted molar refractivity (Wildman–Crippen MR) is 105 cm³/mol. The first kappa shape index (κ1) is 18.7. The van der Waals surface area contributed by atoms with Crippen LogP contribution >= 0.6 is 11.6 Å². The van der Waals surface area contributed by atoms with Crippen LogP contribution in [0.3, 0.4) is 0 Å². The summed E-state index contributed by atoms with van der Waals surface area (Å²) < 4.78 is 5.29. The minimum Gasteiger partial charge on any atom is -0.496 e. The zero-order valence-corrected chi connectivity index (χ0v) is 16.1. The van der Waals surface area contributed by atoms with E-state index < -0.39 is 0 Å². The van der Waals surface area contributed by atoms with Gasteiger partial charge in [0.2, 0.25) is 0 Å². The van der Waals surface area contributed by atoms with E-state index >= 15 is 0 Å². The van der Waals surface area contributed by atoms with E-state index in [4.69, 9.17) is 16.3 Å². The van der Waals surface area contributed by atoms with Crippen LogP contribution in [0.25, 0.3) is 0 Å². The summed E-state index contributed by atoms with van der Waals surface area (Å²) in [5, 5.41) is 3.59. The molecule has 1 heterocycles. The second kappa shape index (κ2) is 8.56. The molecule has 0 spiro atoms. The predicted octanol–water partition coefficient (Wildman–Crippen LogP) is 3.92. The average Bonchev–Trinajstić information content (AvgIpc) is 2.66. The normalized spacial score (nSPS) is 16.8.